The second-order valence-corrected chi connectivity index (χ2v) is 4.45. The molecule has 0 spiro atoms. The molecule has 1 aromatic rings. The van der Waals surface area contributed by atoms with Crippen LogP contribution in [0.3, 0.4) is 0 Å². The van der Waals surface area contributed by atoms with Crippen molar-refractivity contribution in [3.63, 3.8) is 0 Å². The summed E-state index contributed by atoms with van der Waals surface area (Å²) >= 11 is 1.36. The van der Waals surface area contributed by atoms with Crippen molar-refractivity contribution in [2.24, 2.45) is 0 Å². The van der Waals surface area contributed by atoms with Gasteiger partial charge in [-0.3, -0.25) is 0 Å². The minimum absolute atomic E-state index is 0.0362. The van der Waals surface area contributed by atoms with Crippen molar-refractivity contribution in [2.75, 3.05) is 6.61 Å². The predicted octanol–water partition coefficient (Wildman–Crippen LogP) is 1.36. The molecule has 0 saturated heterocycles. The molecule has 0 aliphatic rings. The van der Waals surface area contributed by atoms with E-state index in [4.69, 9.17) is 5.11 Å². The minimum Gasteiger partial charge on any atom is -0.480 e. The van der Waals surface area contributed by atoms with Gasteiger partial charge >= 0.3 is 12.1 Å². The molecule has 98 valence electrons. The number of carboxylic acid groups (broad SMARTS) is 1. The normalized spacial score (nSPS) is 11.6. The SMILES string of the molecule is C=CCOC(=O)NC(Cc1nc(C)cs1)C(=O)O. The van der Waals surface area contributed by atoms with Gasteiger partial charge in [0.05, 0.1) is 5.01 Å². The van der Waals surface area contributed by atoms with E-state index < -0.39 is 18.1 Å². The first-order valence-electron chi connectivity index (χ1n) is 5.21. The van der Waals surface area contributed by atoms with Gasteiger partial charge in [-0.25, -0.2) is 14.6 Å². The molecular formula is C11H14N2O4S. The van der Waals surface area contributed by atoms with Crippen LogP contribution in [0, 0.1) is 6.92 Å². The number of thiazole rings is 1. The molecule has 1 unspecified atom stereocenters. The molecule has 0 aliphatic heterocycles. The topological polar surface area (TPSA) is 88.5 Å². The van der Waals surface area contributed by atoms with Crippen LogP contribution in [0.5, 0.6) is 0 Å². The van der Waals surface area contributed by atoms with Gasteiger partial charge in [-0.2, -0.15) is 0 Å². The first-order chi connectivity index (χ1) is 8.52. The van der Waals surface area contributed by atoms with Crippen molar-refractivity contribution in [1.29, 1.82) is 0 Å². The number of carbonyl (C=O) groups excluding carboxylic acids is 1. The number of ether oxygens (including phenoxy) is 1. The lowest BCUT2D eigenvalue weighted by molar-refractivity contribution is -0.139. The van der Waals surface area contributed by atoms with Crippen molar-refractivity contribution in [3.8, 4) is 0 Å². The highest BCUT2D eigenvalue weighted by molar-refractivity contribution is 7.09. The van der Waals surface area contributed by atoms with E-state index in [1.54, 1.807) is 0 Å². The van der Waals surface area contributed by atoms with Crippen LogP contribution in [-0.4, -0.2) is 34.8 Å². The maximum atomic E-state index is 11.3. The number of nitrogens with one attached hydrogen (secondary N) is 1. The Bertz CT molecular complexity index is 444. The third-order valence-corrected chi connectivity index (χ3v) is 2.96. The molecule has 0 aromatic carbocycles. The lowest BCUT2D eigenvalue weighted by atomic mass is 10.2. The third kappa shape index (κ3) is 4.54. The van der Waals surface area contributed by atoms with Crippen LogP contribution in [-0.2, 0) is 16.0 Å². The van der Waals surface area contributed by atoms with E-state index in [1.165, 1.54) is 17.4 Å². The summed E-state index contributed by atoms with van der Waals surface area (Å²) in [6.07, 6.45) is 0.756. The maximum Gasteiger partial charge on any atom is 0.408 e. The second kappa shape index (κ2) is 6.75. The van der Waals surface area contributed by atoms with Gasteiger partial charge in [-0.05, 0) is 6.92 Å². The summed E-state index contributed by atoms with van der Waals surface area (Å²) in [5, 5.41) is 13.7. The molecule has 7 heteroatoms. The van der Waals surface area contributed by atoms with Crippen molar-refractivity contribution in [3.05, 3.63) is 28.7 Å². The Labute approximate surface area is 108 Å². The molecule has 0 radical (unpaired) electrons. The van der Waals surface area contributed by atoms with Crippen molar-refractivity contribution < 1.29 is 19.4 Å². The summed E-state index contributed by atoms with van der Waals surface area (Å²) in [6, 6.07) is -1.05. The minimum atomic E-state index is -1.13. The van der Waals surface area contributed by atoms with E-state index in [9.17, 15) is 9.59 Å². The fourth-order valence-corrected chi connectivity index (χ4v) is 2.01. The van der Waals surface area contributed by atoms with Crippen molar-refractivity contribution in [1.82, 2.24) is 10.3 Å². The molecule has 6 nitrogen and oxygen atoms in total. The fourth-order valence-electron chi connectivity index (χ4n) is 1.19. The summed E-state index contributed by atoms with van der Waals surface area (Å²) in [5.41, 5.74) is 0.827. The molecule has 1 rings (SSSR count). The van der Waals surface area contributed by atoms with Crippen LogP contribution in [0.25, 0.3) is 0 Å². The molecule has 1 heterocycles. The largest absolute Gasteiger partial charge is 0.480 e. The third-order valence-electron chi connectivity index (χ3n) is 1.97. The molecule has 2 N–H and O–H groups in total. The van der Waals surface area contributed by atoms with E-state index in [0.717, 1.165) is 5.69 Å². The fraction of sp³-hybridized carbons (Fsp3) is 0.364. The van der Waals surface area contributed by atoms with Crippen LogP contribution in [0.2, 0.25) is 0 Å². The average molecular weight is 270 g/mol. The Hall–Kier alpha value is -1.89. The van der Waals surface area contributed by atoms with Gasteiger partial charge in [-0.1, -0.05) is 12.7 Å². The Morgan fingerprint density at radius 2 is 2.44 bits per heavy atom. The highest BCUT2D eigenvalue weighted by Crippen LogP contribution is 2.11. The number of carbonyl (C=O) groups is 2. The molecule has 1 aromatic heterocycles. The smallest absolute Gasteiger partial charge is 0.408 e. The van der Waals surface area contributed by atoms with Crippen LogP contribution in [0.4, 0.5) is 4.79 Å². The second-order valence-electron chi connectivity index (χ2n) is 3.51. The number of nitrogens with zero attached hydrogens (tertiary/aromatic N) is 1. The van der Waals surface area contributed by atoms with Gasteiger partial charge in [0.25, 0.3) is 0 Å². The number of amides is 1. The summed E-state index contributed by atoms with van der Waals surface area (Å²) in [4.78, 5) is 26.4. The number of rotatable bonds is 6. The molecule has 0 bridgehead atoms. The first-order valence-corrected chi connectivity index (χ1v) is 6.09. The number of carboxylic acids is 1. The zero-order valence-corrected chi connectivity index (χ0v) is 10.7. The van der Waals surface area contributed by atoms with Gasteiger partial charge in [0.15, 0.2) is 0 Å². The maximum absolute atomic E-state index is 11.3. The van der Waals surface area contributed by atoms with E-state index in [2.05, 4.69) is 21.6 Å². The van der Waals surface area contributed by atoms with E-state index in [1.807, 2.05) is 12.3 Å². The Morgan fingerprint density at radius 3 is 2.94 bits per heavy atom. The number of alkyl carbamates (subject to hydrolysis) is 1. The highest BCUT2D eigenvalue weighted by Gasteiger charge is 2.22. The number of aryl methyl sites for hydroxylation is 1. The number of aromatic nitrogens is 1. The zero-order chi connectivity index (χ0) is 13.5. The molecule has 1 atom stereocenters. The summed E-state index contributed by atoms with van der Waals surface area (Å²) in [7, 11) is 0. The summed E-state index contributed by atoms with van der Waals surface area (Å²) in [5.74, 6) is -1.13. The van der Waals surface area contributed by atoms with Gasteiger partial charge in [0.2, 0.25) is 0 Å². The quantitative estimate of drug-likeness (QED) is 0.762. The molecular weight excluding hydrogens is 256 g/mol. The first kappa shape index (κ1) is 14.2. The number of hydrogen-bond donors (Lipinski definition) is 2. The highest BCUT2D eigenvalue weighted by atomic mass is 32.1. The summed E-state index contributed by atoms with van der Waals surface area (Å²) in [6.45, 7) is 5.24. The molecule has 0 aliphatic carbocycles. The number of hydrogen-bond acceptors (Lipinski definition) is 5. The van der Waals surface area contributed by atoms with Crippen LogP contribution in [0.1, 0.15) is 10.7 Å². The predicted molar refractivity (Wildman–Crippen MR) is 66.7 cm³/mol. The Morgan fingerprint density at radius 1 is 1.72 bits per heavy atom. The summed E-state index contributed by atoms with van der Waals surface area (Å²) < 4.78 is 4.67. The molecule has 1 amide bonds. The lowest BCUT2D eigenvalue weighted by Gasteiger charge is -2.12. The standard InChI is InChI=1S/C11H14N2O4S/c1-3-4-17-11(16)13-8(10(14)15)5-9-12-7(2)6-18-9/h3,6,8H,1,4-5H2,2H3,(H,13,16)(H,14,15). The van der Waals surface area contributed by atoms with E-state index in [-0.39, 0.29) is 13.0 Å². The molecule has 0 fully saturated rings. The van der Waals surface area contributed by atoms with Crippen LogP contribution < -0.4 is 5.32 Å². The van der Waals surface area contributed by atoms with Crippen molar-refractivity contribution >= 4 is 23.4 Å². The zero-order valence-electron chi connectivity index (χ0n) is 9.88. The van der Waals surface area contributed by atoms with Crippen LogP contribution in [0.15, 0.2) is 18.0 Å². The van der Waals surface area contributed by atoms with Gasteiger partial charge in [-0.15, -0.1) is 11.3 Å². The van der Waals surface area contributed by atoms with E-state index >= 15 is 0 Å². The lowest BCUT2D eigenvalue weighted by Crippen LogP contribution is -2.42. The van der Waals surface area contributed by atoms with Crippen LogP contribution >= 0.6 is 11.3 Å². The van der Waals surface area contributed by atoms with Gasteiger partial charge in [0, 0.05) is 17.5 Å². The average Bonchev–Trinajstić information content (AvgIpc) is 2.71. The van der Waals surface area contributed by atoms with Gasteiger partial charge < -0.3 is 15.2 Å². The van der Waals surface area contributed by atoms with Gasteiger partial charge in [0.1, 0.15) is 12.6 Å². The Kier molecular flexibility index (Phi) is 5.31. The number of aliphatic carboxylic acids is 1. The van der Waals surface area contributed by atoms with E-state index in [0.29, 0.717) is 5.01 Å². The monoisotopic (exact) mass is 270 g/mol. The molecule has 0 saturated carbocycles. The van der Waals surface area contributed by atoms with Crippen molar-refractivity contribution in [2.45, 2.75) is 19.4 Å². The Balaban J connectivity index is 2.57. The molecule has 18 heavy (non-hydrogen) atoms.